The molecule has 146 valence electrons. The molecule has 3 aromatic carbocycles. The van der Waals surface area contributed by atoms with Gasteiger partial charge in [-0.2, -0.15) is 0 Å². The molecule has 1 amide bonds. The third-order valence-corrected chi connectivity index (χ3v) is 6.49. The lowest BCUT2D eigenvalue weighted by Gasteiger charge is -2.31. The standard InChI is InChI=1S/C24H22N2O2S/c27-23(16-18-8-5-7-17-6-1-2-9-20(17)18)26-14-12-19(13-15-26)28-24-25-21-10-3-4-11-22(21)29-24/h1-11,19H,12-16H2. The third kappa shape index (κ3) is 3.83. The number of benzene rings is 3. The van der Waals surface area contributed by atoms with E-state index in [0.29, 0.717) is 6.42 Å². The van der Waals surface area contributed by atoms with Crippen molar-refractivity contribution >= 4 is 38.2 Å². The Labute approximate surface area is 173 Å². The molecule has 4 nitrogen and oxygen atoms in total. The van der Waals surface area contributed by atoms with Gasteiger partial charge in [-0.15, -0.1) is 0 Å². The molecule has 0 aliphatic carbocycles. The van der Waals surface area contributed by atoms with E-state index in [-0.39, 0.29) is 12.0 Å². The lowest BCUT2D eigenvalue weighted by Crippen LogP contribution is -2.42. The van der Waals surface area contributed by atoms with Crippen molar-refractivity contribution in [3.63, 3.8) is 0 Å². The second kappa shape index (κ2) is 7.84. The molecule has 0 atom stereocenters. The van der Waals surface area contributed by atoms with E-state index in [0.717, 1.165) is 52.3 Å². The fourth-order valence-electron chi connectivity index (χ4n) is 3.99. The van der Waals surface area contributed by atoms with Gasteiger partial charge in [0.05, 0.1) is 16.6 Å². The summed E-state index contributed by atoms with van der Waals surface area (Å²) in [6.45, 7) is 1.47. The second-order valence-corrected chi connectivity index (χ2v) is 8.45. The zero-order valence-corrected chi connectivity index (χ0v) is 16.9. The van der Waals surface area contributed by atoms with E-state index in [4.69, 9.17) is 4.74 Å². The van der Waals surface area contributed by atoms with Gasteiger partial charge in [0.1, 0.15) is 6.10 Å². The minimum atomic E-state index is 0.122. The van der Waals surface area contributed by atoms with Crippen molar-refractivity contribution in [2.45, 2.75) is 25.4 Å². The molecule has 0 bridgehead atoms. The van der Waals surface area contributed by atoms with Gasteiger partial charge < -0.3 is 9.64 Å². The van der Waals surface area contributed by atoms with Crippen LogP contribution in [0.15, 0.2) is 66.7 Å². The Kier molecular flexibility index (Phi) is 4.90. The van der Waals surface area contributed by atoms with Crippen LogP contribution in [0.2, 0.25) is 0 Å². The molecule has 2 heterocycles. The summed E-state index contributed by atoms with van der Waals surface area (Å²) >= 11 is 1.59. The van der Waals surface area contributed by atoms with Gasteiger partial charge in [-0.1, -0.05) is 65.9 Å². The first-order valence-electron chi connectivity index (χ1n) is 10.0. The maximum Gasteiger partial charge on any atom is 0.274 e. The molecule has 1 saturated heterocycles. The highest BCUT2D eigenvalue weighted by Crippen LogP contribution is 2.29. The van der Waals surface area contributed by atoms with E-state index in [9.17, 15) is 4.79 Å². The number of ether oxygens (including phenoxy) is 1. The fraction of sp³-hybridized carbons (Fsp3) is 0.250. The Balaban J connectivity index is 1.20. The Bertz CT molecular complexity index is 1120. The van der Waals surface area contributed by atoms with Gasteiger partial charge in [-0.3, -0.25) is 4.79 Å². The highest BCUT2D eigenvalue weighted by molar-refractivity contribution is 7.20. The van der Waals surface area contributed by atoms with Crippen molar-refractivity contribution in [2.24, 2.45) is 0 Å². The van der Waals surface area contributed by atoms with Crippen LogP contribution < -0.4 is 4.74 Å². The van der Waals surface area contributed by atoms with Crippen molar-refractivity contribution in [3.8, 4) is 5.19 Å². The number of piperidine rings is 1. The molecule has 1 fully saturated rings. The van der Waals surface area contributed by atoms with Crippen LogP contribution in [0.3, 0.4) is 0 Å². The molecular formula is C24H22N2O2S. The third-order valence-electron chi connectivity index (χ3n) is 5.56. The SMILES string of the molecule is O=C(Cc1cccc2ccccc12)N1CCC(Oc2nc3ccccc3s2)CC1. The van der Waals surface area contributed by atoms with Crippen LogP contribution in [0.25, 0.3) is 21.0 Å². The lowest BCUT2D eigenvalue weighted by atomic mass is 10.0. The van der Waals surface area contributed by atoms with Crippen LogP contribution >= 0.6 is 11.3 Å². The number of para-hydroxylation sites is 1. The maximum absolute atomic E-state index is 12.9. The molecule has 1 aromatic heterocycles. The van der Waals surface area contributed by atoms with Gasteiger partial charge in [0.25, 0.3) is 5.19 Å². The molecular weight excluding hydrogens is 380 g/mol. The molecule has 4 aromatic rings. The number of likely N-dealkylation sites (tertiary alicyclic amines) is 1. The Hall–Kier alpha value is -2.92. The van der Waals surface area contributed by atoms with Gasteiger partial charge >= 0.3 is 0 Å². The average Bonchev–Trinajstić information content (AvgIpc) is 3.17. The molecule has 29 heavy (non-hydrogen) atoms. The van der Waals surface area contributed by atoms with Gasteiger partial charge in [0.2, 0.25) is 5.91 Å². The Morgan fingerprint density at radius 1 is 1.00 bits per heavy atom. The maximum atomic E-state index is 12.9. The minimum absolute atomic E-state index is 0.122. The minimum Gasteiger partial charge on any atom is -0.467 e. The van der Waals surface area contributed by atoms with Crippen LogP contribution in [-0.2, 0) is 11.2 Å². The molecule has 1 aliphatic heterocycles. The number of carbonyl (C=O) groups excluding carboxylic acids is 1. The van der Waals surface area contributed by atoms with Crippen LogP contribution in [0.1, 0.15) is 18.4 Å². The zero-order chi connectivity index (χ0) is 19.6. The van der Waals surface area contributed by atoms with Gasteiger partial charge in [0, 0.05) is 25.9 Å². The van der Waals surface area contributed by atoms with Crippen molar-refractivity contribution in [1.29, 1.82) is 0 Å². The molecule has 0 saturated carbocycles. The lowest BCUT2D eigenvalue weighted by molar-refractivity contribution is -0.132. The largest absolute Gasteiger partial charge is 0.467 e. The predicted octanol–water partition coefficient (Wildman–Crippen LogP) is 5.06. The molecule has 0 radical (unpaired) electrons. The summed E-state index contributed by atoms with van der Waals surface area (Å²) in [5.74, 6) is 0.194. The quantitative estimate of drug-likeness (QED) is 0.479. The smallest absolute Gasteiger partial charge is 0.274 e. The first kappa shape index (κ1) is 18.1. The monoisotopic (exact) mass is 402 g/mol. The zero-order valence-electron chi connectivity index (χ0n) is 16.1. The van der Waals surface area contributed by atoms with Crippen molar-refractivity contribution in [2.75, 3.05) is 13.1 Å². The number of aromatic nitrogens is 1. The van der Waals surface area contributed by atoms with Gasteiger partial charge in [-0.25, -0.2) is 4.98 Å². The summed E-state index contributed by atoms with van der Waals surface area (Å²) in [7, 11) is 0. The number of hydrogen-bond donors (Lipinski definition) is 0. The highest BCUT2D eigenvalue weighted by Gasteiger charge is 2.25. The van der Waals surface area contributed by atoms with Crippen molar-refractivity contribution in [3.05, 3.63) is 72.3 Å². The molecule has 0 N–H and O–H groups in total. The molecule has 0 unspecified atom stereocenters. The number of hydrogen-bond acceptors (Lipinski definition) is 4. The first-order valence-corrected chi connectivity index (χ1v) is 10.8. The van der Waals surface area contributed by atoms with Gasteiger partial charge in [0.15, 0.2) is 0 Å². The number of rotatable bonds is 4. The van der Waals surface area contributed by atoms with Crippen molar-refractivity contribution < 1.29 is 9.53 Å². The summed E-state index contributed by atoms with van der Waals surface area (Å²) in [4.78, 5) is 19.4. The second-order valence-electron chi connectivity index (χ2n) is 7.46. The van der Waals surface area contributed by atoms with E-state index in [1.807, 2.05) is 41.3 Å². The summed E-state index contributed by atoms with van der Waals surface area (Å²) < 4.78 is 7.26. The number of amides is 1. The normalized spacial score (nSPS) is 15.1. The van der Waals surface area contributed by atoms with E-state index < -0.39 is 0 Å². The first-order chi connectivity index (χ1) is 14.3. The molecule has 5 rings (SSSR count). The summed E-state index contributed by atoms with van der Waals surface area (Å²) in [6.07, 6.45) is 2.26. The molecule has 5 heteroatoms. The van der Waals surface area contributed by atoms with E-state index in [2.05, 4.69) is 35.3 Å². The highest BCUT2D eigenvalue weighted by atomic mass is 32.1. The molecule has 1 aliphatic rings. The van der Waals surface area contributed by atoms with E-state index >= 15 is 0 Å². The Morgan fingerprint density at radius 2 is 1.76 bits per heavy atom. The van der Waals surface area contributed by atoms with Crippen LogP contribution in [0.5, 0.6) is 5.19 Å². The van der Waals surface area contributed by atoms with E-state index in [1.54, 1.807) is 11.3 Å². The van der Waals surface area contributed by atoms with Gasteiger partial charge in [-0.05, 0) is 28.5 Å². The number of fused-ring (bicyclic) bond motifs is 2. The predicted molar refractivity (Wildman–Crippen MR) is 118 cm³/mol. The summed E-state index contributed by atoms with van der Waals surface area (Å²) in [5.41, 5.74) is 2.08. The molecule has 0 spiro atoms. The average molecular weight is 403 g/mol. The van der Waals surface area contributed by atoms with Crippen LogP contribution in [0.4, 0.5) is 0 Å². The summed E-state index contributed by atoms with van der Waals surface area (Å²) in [6, 6.07) is 22.5. The fourth-order valence-corrected chi connectivity index (χ4v) is 4.87. The number of carbonyl (C=O) groups is 1. The summed E-state index contributed by atoms with van der Waals surface area (Å²) in [5, 5.41) is 3.07. The number of nitrogens with zero attached hydrogens (tertiary/aromatic N) is 2. The van der Waals surface area contributed by atoms with Crippen LogP contribution in [0, 0.1) is 0 Å². The number of thiazole rings is 1. The van der Waals surface area contributed by atoms with Crippen LogP contribution in [-0.4, -0.2) is 35.0 Å². The topological polar surface area (TPSA) is 42.4 Å². The van der Waals surface area contributed by atoms with E-state index in [1.165, 1.54) is 5.39 Å². The Morgan fingerprint density at radius 3 is 2.62 bits per heavy atom. The van der Waals surface area contributed by atoms with Crippen molar-refractivity contribution in [1.82, 2.24) is 9.88 Å².